The number of hydrogen-bond donors (Lipinski definition) is 2. The Hall–Kier alpha value is -3.54. The molecule has 2 heterocycles. The van der Waals surface area contributed by atoms with Crippen LogP contribution in [0.2, 0.25) is 0 Å². The number of ether oxygens (including phenoxy) is 1. The van der Waals surface area contributed by atoms with Crippen molar-refractivity contribution in [1.82, 2.24) is 15.5 Å². The highest BCUT2D eigenvalue weighted by Gasteiger charge is 2.25. The van der Waals surface area contributed by atoms with E-state index in [4.69, 9.17) is 10.00 Å². The molecule has 1 atom stereocenters. The summed E-state index contributed by atoms with van der Waals surface area (Å²) >= 11 is 0. The molecule has 1 saturated heterocycles. The molecule has 7 nitrogen and oxygen atoms in total. The first-order chi connectivity index (χ1) is 14.2. The number of morpholine rings is 1. The molecular formula is C21H18FN5O2. The predicted octanol–water partition coefficient (Wildman–Crippen LogP) is 3.06. The Balaban J connectivity index is 1.74. The van der Waals surface area contributed by atoms with E-state index < -0.39 is 11.7 Å². The monoisotopic (exact) mass is 391 g/mol. The van der Waals surface area contributed by atoms with Crippen molar-refractivity contribution in [3.8, 4) is 6.07 Å². The summed E-state index contributed by atoms with van der Waals surface area (Å²) < 4.78 is 20.8. The Morgan fingerprint density at radius 1 is 1.28 bits per heavy atom. The van der Waals surface area contributed by atoms with Crippen LogP contribution in [0, 0.1) is 17.1 Å². The molecule has 3 aromatic rings. The van der Waals surface area contributed by atoms with Crippen molar-refractivity contribution in [2.75, 3.05) is 24.6 Å². The van der Waals surface area contributed by atoms with Gasteiger partial charge in [-0.2, -0.15) is 10.4 Å². The van der Waals surface area contributed by atoms with Crippen LogP contribution in [-0.2, 0) is 4.74 Å². The van der Waals surface area contributed by atoms with Crippen LogP contribution in [0.15, 0.2) is 54.9 Å². The highest BCUT2D eigenvalue weighted by molar-refractivity contribution is 6.10. The number of rotatable bonds is 4. The number of hydrogen-bond acceptors (Lipinski definition) is 5. The van der Waals surface area contributed by atoms with Gasteiger partial charge in [0.1, 0.15) is 5.82 Å². The first-order valence-electron chi connectivity index (χ1n) is 9.12. The van der Waals surface area contributed by atoms with Crippen LogP contribution >= 0.6 is 0 Å². The van der Waals surface area contributed by atoms with E-state index in [1.807, 2.05) is 6.07 Å². The maximum absolute atomic E-state index is 15.1. The molecular weight excluding hydrogens is 373 g/mol. The van der Waals surface area contributed by atoms with E-state index in [2.05, 4.69) is 15.5 Å². The summed E-state index contributed by atoms with van der Waals surface area (Å²) in [5, 5.41) is 18.6. The van der Waals surface area contributed by atoms with Gasteiger partial charge in [-0.15, -0.1) is 0 Å². The molecule has 0 radical (unpaired) electrons. The topological polar surface area (TPSA) is 94.0 Å². The smallest absolute Gasteiger partial charge is 0.266 e. The second-order valence-electron chi connectivity index (χ2n) is 6.56. The molecule has 1 fully saturated rings. The van der Waals surface area contributed by atoms with Crippen LogP contribution in [0.25, 0.3) is 0 Å². The fourth-order valence-corrected chi connectivity index (χ4v) is 3.23. The van der Waals surface area contributed by atoms with Crippen LogP contribution in [0.5, 0.6) is 0 Å². The molecule has 1 aliphatic rings. The Morgan fingerprint density at radius 2 is 2.10 bits per heavy atom. The molecule has 1 amide bonds. The summed E-state index contributed by atoms with van der Waals surface area (Å²) in [7, 11) is 0. The number of aromatic amines is 1. The number of carbonyl (C=O) groups is 1. The third kappa shape index (κ3) is 3.87. The zero-order valence-corrected chi connectivity index (χ0v) is 15.4. The molecule has 2 aromatic carbocycles. The van der Waals surface area contributed by atoms with E-state index in [-0.39, 0.29) is 17.4 Å². The van der Waals surface area contributed by atoms with Gasteiger partial charge in [-0.1, -0.05) is 6.07 Å². The minimum atomic E-state index is -0.544. The summed E-state index contributed by atoms with van der Waals surface area (Å²) in [5.41, 5.74) is 1.99. The molecule has 8 heteroatoms. The number of nitriles is 1. The minimum Gasteiger partial charge on any atom is -0.371 e. The summed E-state index contributed by atoms with van der Waals surface area (Å²) in [6, 6.07) is 13.1. The highest BCUT2D eigenvalue weighted by Crippen LogP contribution is 2.32. The van der Waals surface area contributed by atoms with E-state index in [9.17, 15) is 4.79 Å². The first-order valence-corrected chi connectivity index (χ1v) is 9.12. The van der Waals surface area contributed by atoms with Gasteiger partial charge in [-0.3, -0.25) is 14.8 Å². The third-order valence-corrected chi connectivity index (χ3v) is 4.71. The fraction of sp³-hybridized carbons (Fsp3) is 0.190. The number of nitrogens with zero attached hydrogens (tertiary/aromatic N) is 3. The molecule has 1 aliphatic heterocycles. The fourth-order valence-electron chi connectivity index (χ4n) is 3.23. The van der Waals surface area contributed by atoms with Crippen molar-refractivity contribution in [3.63, 3.8) is 0 Å². The molecule has 0 bridgehead atoms. The predicted molar refractivity (Wildman–Crippen MR) is 104 cm³/mol. The standard InChI is InChI=1S/C21H18FN5O2/c22-18-9-15(20-13-24-7-8-29-20)3-6-19(18)27(21(28)16-11-25-26-12-16)17-4-1-14(10-23)2-5-17/h1-6,9,11-12,20,24H,7-8,13H2,(H,25,26)/t20-/m1/s1. The molecule has 0 unspecified atom stereocenters. The zero-order chi connectivity index (χ0) is 20.2. The Kier molecular flexibility index (Phi) is 5.33. The van der Waals surface area contributed by atoms with Crippen molar-refractivity contribution in [2.24, 2.45) is 0 Å². The SMILES string of the molecule is N#Cc1ccc(N(C(=O)c2cn[nH]c2)c2ccc([C@H]3CNCCO3)cc2F)cc1. The maximum Gasteiger partial charge on any atom is 0.266 e. The lowest BCUT2D eigenvalue weighted by molar-refractivity contribution is 0.0275. The summed E-state index contributed by atoms with van der Waals surface area (Å²) in [6.45, 7) is 1.93. The van der Waals surface area contributed by atoms with Gasteiger partial charge >= 0.3 is 0 Å². The normalized spacial score (nSPS) is 16.2. The summed E-state index contributed by atoms with van der Waals surface area (Å²) in [4.78, 5) is 14.4. The van der Waals surface area contributed by atoms with Crippen LogP contribution < -0.4 is 10.2 Å². The van der Waals surface area contributed by atoms with Crippen LogP contribution in [0.3, 0.4) is 0 Å². The zero-order valence-electron chi connectivity index (χ0n) is 15.4. The van der Waals surface area contributed by atoms with Gasteiger partial charge in [0.05, 0.1) is 41.8 Å². The van der Waals surface area contributed by atoms with Crippen LogP contribution in [0.1, 0.15) is 27.6 Å². The molecule has 1 aromatic heterocycles. The van der Waals surface area contributed by atoms with Crippen molar-refractivity contribution in [2.45, 2.75) is 6.10 Å². The number of anilines is 2. The van der Waals surface area contributed by atoms with E-state index in [0.29, 0.717) is 30.0 Å². The van der Waals surface area contributed by atoms with Crippen molar-refractivity contribution >= 4 is 17.3 Å². The van der Waals surface area contributed by atoms with Crippen LogP contribution in [-0.4, -0.2) is 35.8 Å². The van der Waals surface area contributed by atoms with E-state index in [0.717, 1.165) is 6.54 Å². The van der Waals surface area contributed by atoms with Gasteiger partial charge in [0, 0.05) is 25.0 Å². The molecule has 0 spiro atoms. The molecule has 0 saturated carbocycles. The van der Waals surface area contributed by atoms with E-state index in [1.54, 1.807) is 36.4 Å². The Morgan fingerprint density at radius 3 is 2.72 bits per heavy atom. The van der Waals surface area contributed by atoms with Gasteiger partial charge in [0.2, 0.25) is 0 Å². The number of carbonyl (C=O) groups excluding carboxylic acids is 1. The average Bonchev–Trinajstić information content (AvgIpc) is 3.31. The maximum atomic E-state index is 15.1. The second-order valence-corrected chi connectivity index (χ2v) is 6.56. The summed E-state index contributed by atoms with van der Waals surface area (Å²) in [5.74, 6) is -0.983. The van der Waals surface area contributed by atoms with Crippen molar-refractivity contribution in [1.29, 1.82) is 5.26 Å². The van der Waals surface area contributed by atoms with Gasteiger partial charge < -0.3 is 10.1 Å². The molecule has 2 N–H and O–H groups in total. The molecule has 29 heavy (non-hydrogen) atoms. The number of nitrogens with one attached hydrogen (secondary N) is 2. The largest absolute Gasteiger partial charge is 0.371 e. The second kappa shape index (κ2) is 8.22. The van der Waals surface area contributed by atoms with Crippen LogP contribution in [0.4, 0.5) is 15.8 Å². The lowest BCUT2D eigenvalue weighted by atomic mass is 10.1. The number of aromatic nitrogens is 2. The first kappa shape index (κ1) is 18.8. The molecule has 0 aliphatic carbocycles. The Bertz CT molecular complexity index is 1040. The Labute approximate surface area is 166 Å². The van der Waals surface area contributed by atoms with Crippen molar-refractivity contribution < 1.29 is 13.9 Å². The molecule has 4 rings (SSSR count). The molecule has 146 valence electrons. The van der Waals surface area contributed by atoms with Gasteiger partial charge in [-0.05, 0) is 42.0 Å². The highest BCUT2D eigenvalue weighted by atomic mass is 19.1. The van der Waals surface area contributed by atoms with E-state index in [1.165, 1.54) is 23.4 Å². The lowest BCUT2D eigenvalue weighted by Gasteiger charge is -2.26. The number of amides is 1. The van der Waals surface area contributed by atoms with Gasteiger partial charge in [0.25, 0.3) is 5.91 Å². The van der Waals surface area contributed by atoms with Gasteiger partial charge in [-0.25, -0.2) is 4.39 Å². The van der Waals surface area contributed by atoms with Gasteiger partial charge in [0.15, 0.2) is 0 Å². The number of halogens is 1. The number of H-pyrrole nitrogens is 1. The minimum absolute atomic E-state index is 0.105. The third-order valence-electron chi connectivity index (χ3n) is 4.71. The quantitative estimate of drug-likeness (QED) is 0.713. The summed E-state index contributed by atoms with van der Waals surface area (Å²) in [6.07, 6.45) is 2.60. The lowest BCUT2D eigenvalue weighted by Crippen LogP contribution is -2.33. The van der Waals surface area contributed by atoms with Crippen molar-refractivity contribution in [3.05, 3.63) is 77.4 Å². The number of benzene rings is 2. The van der Waals surface area contributed by atoms with E-state index >= 15 is 4.39 Å². The average molecular weight is 391 g/mol.